The van der Waals surface area contributed by atoms with Crippen molar-refractivity contribution < 1.29 is 14.1 Å². The van der Waals surface area contributed by atoms with Crippen LogP contribution in [0.5, 0.6) is 0 Å². The largest absolute Gasteiger partial charge is 0.345 e. The summed E-state index contributed by atoms with van der Waals surface area (Å²) in [5, 5.41) is 23.1. The minimum absolute atomic E-state index is 0.0468. The maximum absolute atomic E-state index is 13.2. The smallest absolute Gasteiger partial charge is 0.269 e. The van der Waals surface area contributed by atoms with E-state index in [0.29, 0.717) is 33.0 Å². The first-order chi connectivity index (χ1) is 16.4. The van der Waals surface area contributed by atoms with Crippen LogP contribution in [0.25, 0.3) is 5.69 Å². The molecule has 8 nitrogen and oxygen atoms in total. The van der Waals surface area contributed by atoms with Crippen LogP contribution in [-0.2, 0) is 12.3 Å². The van der Waals surface area contributed by atoms with Crippen LogP contribution in [0.4, 0.5) is 10.1 Å². The molecule has 1 aromatic heterocycles. The van der Waals surface area contributed by atoms with Crippen molar-refractivity contribution in [2.75, 3.05) is 0 Å². The van der Waals surface area contributed by atoms with Gasteiger partial charge in [0.25, 0.3) is 11.6 Å². The SMILES string of the molecule is O=C(NCc1nnc(SCc2ccc(F)cc2)n1-c1ccc([N+](=O)[O-])cc1)c1ccccc1Cl. The molecule has 0 aliphatic heterocycles. The summed E-state index contributed by atoms with van der Waals surface area (Å²) in [6.45, 7) is 0.0468. The van der Waals surface area contributed by atoms with Gasteiger partial charge in [0.15, 0.2) is 11.0 Å². The Bertz CT molecular complexity index is 1330. The number of hydrogen-bond donors (Lipinski definition) is 1. The van der Waals surface area contributed by atoms with Crippen LogP contribution in [0.1, 0.15) is 21.7 Å². The number of carbonyl (C=O) groups is 1. The van der Waals surface area contributed by atoms with Crippen molar-refractivity contribution in [1.82, 2.24) is 20.1 Å². The van der Waals surface area contributed by atoms with E-state index < -0.39 is 4.92 Å². The predicted molar refractivity (Wildman–Crippen MR) is 127 cm³/mol. The fourth-order valence-electron chi connectivity index (χ4n) is 3.12. The third-order valence-electron chi connectivity index (χ3n) is 4.83. The molecular weight excluding hydrogens is 481 g/mol. The van der Waals surface area contributed by atoms with E-state index in [1.54, 1.807) is 53.1 Å². The van der Waals surface area contributed by atoms with Crippen molar-refractivity contribution in [3.8, 4) is 5.69 Å². The molecule has 0 aliphatic rings. The molecule has 0 unspecified atom stereocenters. The quantitative estimate of drug-likeness (QED) is 0.204. The van der Waals surface area contributed by atoms with Gasteiger partial charge in [-0.2, -0.15) is 0 Å². The summed E-state index contributed by atoms with van der Waals surface area (Å²) in [5.41, 5.74) is 1.76. The van der Waals surface area contributed by atoms with Gasteiger partial charge < -0.3 is 5.32 Å². The second kappa shape index (κ2) is 10.4. The first-order valence-electron chi connectivity index (χ1n) is 10.0. The lowest BCUT2D eigenvalue weighted by Gasteiger charge is -2.11. The highest BCUT2D eigenvalue weighted by molar-refractivity contribution is 7.98. The summed E-state index contributed by atoms with van der Waals surface area (Å²) in [5.74, 6) is 0.233. The molecule has 0 saturated heterocycles. The molecule has 172 valence electrons. The van der Waals surface area contributed by atoms with Crippen molar-refractivity contribution in [3.05, 3.63) is 111 Å². The van der Waals surface area contributed by atoms with E-state index in [1.807, 2.05) is 0 Å². The molecule has 0 fully saturated rings. The van der Waals surface area contributed by atoms with E-state index in [0.717, 1.165) is 5.56 Å². The van der Waals surface area contributed by atoms with Gasteiger partial charge in [0.2, 0.25) is 0 Å². The number of benzene rings is 3. The second-order valence-corrected chi connectivity index (χ2v) is 8.44. The van der Waals surface area contributed by atoms with Crippen molar-refractivity contribution in [2.24, 2.45) is 0 Å². The number of nitrogens with one attached hydrogen (secondary N) is 1. The number of hydrogen-bond acceptors (Lipinski definition) is 6. The van der Waals surface area contributed by atoms with E-state index >= 15 is 0 Å². The Balaban J connectivity index is 1.60. The molecule has 34 heavy (non-hydrogen) atoms. The second-order valence-electron chi connectivity index (χ2n) is 7.09. The van der Waals surface area contributed by atoms with Gasteiger partial charge in [0.05, 0.1) is 22.1 Å². The Labute approximate surface area is 202 Å². The van der Waals surface area contributed by atoms with Crippen LogP contribution >= 0.6 is 23.4 Å². The summed E-state index contributed by atoms with van der Waals surface area (Å²) >= 11 is 7.47. The lowest BCUT2D eigenvalue weighted by Crippen LogP contribution is -2.25. The summed E-state index contributed by atoms with van der Waals surface area (Å²) in [6, 6.07) is 18.7. The topological polar surface area (TPSA) is 103 Å². The van der Waals surface area contributed by atoms with Gasteiger partial charge in [-0.15, -0.1) is 10.2 Å². The van der Waals surface area contributed by atoms with E-state index in [-0.39, 0.29) is 24.0 Å². The maximum atomic E-state index is 13.2. The number of thioether (sulfide) groups is 1. The number of amides is 1. The number of aromatic nitrogens is 3. The number of nitrogens with zero attached hydrogens (tertiary/aromatic N) is 4. The normalized spacial score (nSPS) is 10.8. The predicted octanol–water partition coefficient (Wildman–Crippen LogP) is 5.19. The van der Waals surface area contributed by atoms with E-state index in [2.05, 4.69) is 15.5 Å². The van der Waals surface area contributed by atoms with Crippen molar-refractivity contribution in [3.63, 3.8) is 0 Å². The number of non-ortho nitro benzene ring substituents is 1. The van der Waals surface area contributed by atoms with Crippen LogP contribution in [-0.4, -0.2) is 25.6 Å². The zero-order valence-corrected chi connectivity index (χ0v) is 19.1. The first kappa shape index (κ1) is 23.4. The van der Waals surface area contributed by atoms with E-state index in [1.165, 1.54) is 36.0 Å². The lowest BCUT2D eigenvalue weighted by molar-refractivity contribution is -0.384. The molecule has 0 saturated carbocycles. The first-order valence-corrected chi connectivity index (χ1v) is 11.4. The molecule has 0 radical (unpaired) electrons. The van der Waals surface area contributed by atoms with Crippen LogP contribution in [0, 0.1) is 15.9 Å². The zero-order valence-electron chi connectivity index (χ0n) is 17.5. The van der Waals surface area contributed by atoms with Crippen LogP contribution in [0.2, 0.25) is 5.02 Å². The molecule has 3 aromatic carbocycles. The third kappa shape index (κ3) is 5.41. The molecule has 4 rings (SSSR count). The summed E-state index contributed by atoms with van der Waals surface area (Å²) in [4.78, 5) is 23.1. The Morgan fingerprint density at radius 1 is 1.06 bits per heavy atom. The maximum Gasteiger partial charge on any atom is 0.269 e. The highest BCUT2D eigenvalue weighted by atomic mass is 35.5. The third-order valence-corrected chi connectivity index (χ3v) is 6.16. The minimum Gasteiger partial charge on any atom is -0.345 e. The van der Waals surface area contributed by atoms with Gasteiger partial charge in [-0.1, -0.05) is 47.6 Å². The van der Waals surface area contributed by atoms with Gasteiger partial charge in [-0.3, -0.25) is 19.5 Å². The lowest BCUT2D eigenvalue weighted by atomic mass is 10.2. The number of nitro groups is 1. The monoisotopic (exact) mass is 497 g/mol. The molecule has 0 bridgehead atoms. The van der Waals surface area contributed by atoms with E-state index in [9.17, 15) is 19.3 Å². The average molecular weight is 498 g/mol. The highest BCUT2D eigenvalue weighted by Crippen LogP contribution is 2.26. The van der Waals surface area contributed by atoms with Gasteiger partial charge >= 0.3 is 0 Å². The Kier molecular flexibility index (Phi) is 7.19. The average Bonchev–Trinajstić information content (AvgIpc) is 3.25. The zero-order chi connectivity index (χ0) is 24.1. The van der Waals surface area contributed by atoms with Crippen molar-refractivity contribution in [2.45, 2.75) is 17.5 Å². The number of nitro benzene ring substituents is 1. The Hall–Kier alpha value is -3.76. The molecule has 11 heteroatoms. The van der Waals surface area contributed by atoms with Crippen molar-refractivity contribution >= 4 is 35.0 Å². The van der Waals surface area contributed by atoms with E-state index in [4.69, 9.17) is 11.6 Å². The molecule has 1 N–H and O–H groups in total. The van der Waals surface area contributed by atoms with Crippen LogP contribution < -0.4 is 5.32 Å². The summed E-state index contributed by atoms with van der Waals surface area (Å²) in [6.07, 6.45) is 0. The van der Waals surface area contributed by atoms with Crippen molar-refractivity contribution in [1.29, 1.82) is 0 Å². The fraction of sp³-hybridized carbons (Fsp3) is 0.0870. The number of carbonyl (C=O) groups excluding carboxylic acids is 1. The number of rotatable bonds is 8. The molecule has 4 aromatic rings. The molecule has 1 heterocycles. The summed E-state index contributed by atoms with van der Waals surface area (Å²) < 4.78 is 14.9. The highest BCUT2D eigenvalue weighted by Gasteiger charge is 2.18. The number of halogens is 2. The van der Waals surface area contributed by atoms with Crippen LogP contribution in [0.3, 0.4) is 0 Å². The molecular formula is C23H17ClFN5O3S. The molecule has 0 spiro atoms. The summed E-state index contributed by atoms with van der Waals surface area (Å²) in [7, 11) is 0. The fourth-order valence-corrected chi connectivity index (χ4v) is 4.27. The Morgan fingerprint density at radius 3 is 2.44 bits per heavy atom. The van der Waals surface area contributed by atoms with Gasteiger partial charge in [-0.25, -0.2) is 4.39 Å². The molecule has 0 aliphatic carbocycles. The standard InChI is InChI=1S/C23H17ClFN5O3S/c24-20-4-2-1-3-19(20)22(31)26-13-21-27-28-23(34-14-15-5-7-16(25)8-6-15)29(21)17-9-11-18(12-10-17)30(32)33/h1-12H,13-14H2,(H,26,31). The molecule has 1 amide bonds. The van der Waals surface area contributed by atoms with Crippen LogP contribution in [0.15, 0.2) is 78.0 Å². The van der Waals surface area contributed by atoms with Gasteiger partial charge in [0, 0.05) is 23.6 Å². The van der Waals surface area contributed by atoms with Gasteiger partial charge in [-0.05, 0) is 42.0 Å². The molecule has 0 atom stereocenters. The van der Waals surface area contributed by atoms with Gasteiger partial charge in [0.1, 0.15) is 5.82 Å². The minimum atomic E-state index is -0.481. The Morgan fingerprint density at radius 2 is 1.76 bits per heavy atom.